The van der Waals surface area contributed by atoms with Crippen LogP contribution >= 0.6 is 11.6 Å². The summed E-state index contributed by atoms with van der Waals surface area (Å²) in [6, 6.07) is -0.0285. The van der Waals surface area contributed by atoms with Crippen LogP contribution in [0.2, 0.25) is 5.02 Å². The minimum atomic E-state index is -0.649. The summed E-state index contributed by atoms with van der Waals surface area (Å²) < 4.78 is 6.00. The van der Waals surface area contributed by atoms with E-state index in [1.54, 1.807) is 12.4 Å². The third-order valence-corrected chi connectivity index (χ3v) is 5.46. The number of ether oxygens (including phenoxy) is 1. The lowest BCUT2D eigenvalue weighted by Gasteiger charge is -2.36. The van der Waals surface area contributed by atoms with E-state index < -0.39 is 5.72 Å². The Morgan fingerprint density at radius 2 is 2.24 bits per heavy atom. The van der Waals surface area contributed by atoms with E-state index in [1.807, 2.05) is 6.92 Å². The SMILES string of the molecule is CCCCCC(C)C(=O)O[C@]12C[C@@H](CN1)C[C@H]2Nc1ncc(Cl)cn1. The van der Waals surface area contributed by atoms with Crippen LogP contribution < -0.4 is 10.6 Å². The molecule has 138 valence electrons. The molecule has 4 atom stereocenters. The van der Waals surface area contributed by atoms with Gasteiger partial charge in [0.15, 0.2) is 5.72 Å². The van der Waals surface area contributed by atoms with E-state index in [9.17, 15) is 4.79 Å². The van der Waals surface area contributed by atoms with Gasteiger partial charge in [0, 0.05) is 13.0 Å². The smallest absolute Gasteiger partial charge is 0.310 e. The van der Waals surface area contributed by atoms with Crippen LogP contribution in [-0.4, -0.2) is 34.2 Å². The van der Waals surface area contributed by atoms with E-state index >= 15 is 0 Å². The number of nitrogens with zero attached hydrogens (tertiary/aromatic N) is 2. The molecule has 2 N–H and O–H groups in total. The van der Waals surface area contributed by atoms with E-state index in [2.05, 4.69) is 27.5 Å². The predicted octanol–water partition coefficient (Wildman–Crippen LogP) is 3.38. The number of unbranched alkanes of at least 4 members (excludes halogenated alkanes) is 2. The molecule has 2 fully saturated rings. The minimum Gasteiger partial charge on any atom is -0.441 e. The number of fused-ring (bicyclic) bond motifs is 2. The first-order valence-electron chi connectivity index (χ1n) is 9.24. The molecule has 2 heterocycles. The Hall–Kier alpha value is -1.40. The molecule has 25 heavy (non-hydrogen) atoms. The van der Waals surface area contributed by atoms with E-state index in [0.717, 1.165) is 45.1 Å². The molecule has 1 aliphatic carbocycles. The van der Waals surface area contributed by atoms with Crippen molar-refractivity contribution in [3.8, 4) is 0 Å². The Bertz CT molecular complexity index is 597. The van der Waals surface area contributed by atoms with Crippen molar-refractivity contribution in [3.05, 3.63) is 17.4 Å². The third-order valence-electron chi connectivity index (χ3n) is 5.26. The first-order valence-corrected chi connectivity index (χ1v) is 9.62. The van der Waals surface area contributed by atoms with Crippen LogP contribution in [0.15, 0.2) is 12.4 Å². The quantitative estimate of drug-likeness (QED) is 0.542. The van der Waals surface area contributed by atoms with Crippen LogP contribution in [0.4, 0.5) is 5.95 Å². The van der Waals surface area contributed by atoms with Crippen molar-refractivity contribution in [3.63, 3.8) is 0 Å². The summed E-state index contributed by atoms with van der Waals surface area (Å²) in [7, 11) is 0. The van der Waals surface area contributed by atoms with Gasteiger partial charge in [-0.05, 0) is 18.8 Å². The Kier molecular flexibility index (Phi) is 5.79. The van der Waals surface area contributed by atoms with Gasteiger partial charge in [-0.1, -0.05) is 44.7 Å². The van der Waals surface area contributed by atoms with E-state index in [0.29, 0.717) is 16.9 Å². The number of hydrogen-bond acceptors (Lipinski definition) is 6. The second kappa shape index (κ2) is 7.87. The van der Waals surface area contributed by atoms with Crippen molar-refractivity contribution in [2.45, 2.75) is 64.1 Å². The molecule has 2 aliphatic rings. The molecule has 6 nitrogen and oxygen atoms in total. The lowest BCUT2D eigenvalue weighted by Crippen LogP contribution is -2.57. The van der Waals surface area contributed by atoms with E-state index in [1.165, 1.54) is 0 Å². The van der Waals surface area contributed by atoms with Crippen LogP contribution in [0.3, 0.4) is 0 Å². The maximum atomic E-state index is 12.6. The van der Waals surface area contributed by atoms with Crippen molar-refractivity contribution in [1.82, 2.24) is 15.3 Å². The zero-order valence-electron chi connectivity index (χ0n) is 14.9. The summed E-state index contributed by atoms with van der Waals surface area (Å²) in [5, 5.41) is 7.23. The Morgan fingerprint density at radius 1 is 1.48 bits per heavy atom. The number of halogens is 1. The molecule has 1 unspecified atom stereocenters. The molecule has 0 radical (unpaired) electrons. The first kappa shape index (κ1) is 18.4. The molecule has 7 heteroatoms. The van der Waals surface area contributed by atoms with Crippen LogP contribution in [-0.2, 0) is 9.53 Å². The van der Waals surface area contributed by atoms with Crippen molar-refractivity contribution < 1.29 is 9.53 Å². The molecular weight excluding hydrogens is 340 g/mol. The van der Waals surface area contributed by atoms with Gasteiger partial charge in [0.25, 0.3) is 0 Å². The summed E-state index contributed by atoms with van der Waals surface area (Å²) >= 11 is 5.84. The van der Waals surface area contributed by atoms with Crippen LogP contribution in [0.1, 0.15) is 52.4 Å². The highest BCUT2D eigenvalue weighted by molar-refractivity contribution is 6.30. The second-order valence-corrected chi connectivity index (χ2v) is 7.75. The number of piperidine rings is 1. The molecule has 1 aromatic rings. The summed E-state index contributed by atoms with van der Waals surface area (Å²) in [5.41, 5.74) is -0.649. The molecule has 1 aliphatic heterocycles. The van der Waals surface area contributed by atoms with E-state index in [4.69, 9.17) is 16.3 Å². The molecule has 0 aromatic carbocycles. The van der Waals surface area contributed by atoms with E-state index in [-0.39, 0.29) is 17.9 Å². The van der Waals surface area contributed by atoms with Gasteiger partial charge in [0.1, 0.15) is 0 Å². The van der Waals surface area contributed by atoms with Gasteiger partial charge >= 0.3 is 5.97 Å². The lowest BCUT2D eigenvalue weighted by atomic mass is 10.0. The Labute approximate surface area is 154 Å². The van der Waals surface area contributed by atoms with Gasteiger partial charge in [-0.2, -0.15) is 0 Å². The number of aromatic nitrogens is 2. The zero-order valence-corrected chi connectivity index (χ0v) is 15.7. The molecule has 0 amide bonds. The molecule has 1 saturated carbocycles. The van der Waals surface area contributed by atoms with Crippen LogP contribution in [0.5, 0.6) is 0 Å². The highest BCUT2D eigenvalue weighted by Crippen LogP contribution is 2.42. The van der Waals surface area contributed by atoms with Gasteiger partial charge in [0.2, 0.25) is 5.95 Å². The number of carbonyl (C=O) groups is 1. The monoisotopic (exact) mass is 366 g/mol. The fourth-order valence-electron chi connectivity index (χ4n) is 3.81. The molecule has 0 spiro atoms. The topological polar surface area (TPSA) is 76.1 Å². The van der Waals surface area contributed by atoms with Gasteiger partial charge in [-0.3, -0.25) is 10.1 Å². The summed E-state index contributed by atoms with van der Waals surface area (Å²) in [6.45, 7) is 5.01. The van der Waals surface area contributed by atoms with Crippen molar-refractivity contribution in [1.29, 1.82) is 0 Å². The molecule has 1 saturated heterocycles. The number of rotatable bonds is 8. The maximum Gasteiger partial charge on any atom is 0.310 e. The first-order chi connectivity index (χ1) is 12.0. The van der Waals surface area contributed by atoms with Crippen molar-refractivity contribution in [2.24, 2.45) is 11.8 Å². The summed E-state index contributed by atoms with van der Waals surface area (Å²) in [4.78, 5) is 21.0. The number of anilines is 1. The standard InChI is InChI=1S/C18H27ClN4O2/c1-3-4-5-6-12(2)16(24)25-18-8-13(9-22-18)7-15(18)23-17-20-10-14(19)11-21-17/h10-13,15,22H,3-9H2,1-2H3,(H,20,21,23)/t12?,13-,15+,18-/m0/s1. The van der Waals surface area contributed by atoms with Gasteiger partial charge in [-0.25, -0.2) is 9.97 Å². The molecule has 3 rings (SSSR count). The average molecular weight is 367 g/mol. The normalized spacial score (nSPS) is 28.8. The van der Waals surface area contributed by atoms with Gasteiger partial charge in [0.05, 0.1) is 29.4 Å². The molecule has 1 aromatic heterocycles. The Balaban J connectivity index is 1.63. The molecular formula is C18H27ClN4O2. The summed E-state index contributed by atoms with van der Waals surface area (Å²) in [5.74, 6) is 0.827. The Morgan fingerprint density at radius 3 is 2.92 bits per heavy atom. The highest BCUT2D eigenvalue weighted by atomic mass is 35.5. The highest BCUT2D eigenvalue weighted by Gasteiger charge is 2.55. The summed E-state index contributed by atoms with van der Waals surface area (Å²) in [6.07, 6.45) is 9.16. The number of esters is 1. The maximum absolute atomic E-state index is 12.6. The van der Waals surface area contributed by atoms with Crippen molar-refractivity contribution >= 4 is 23.5 Å². The van der Waals surface area contributed by atoms with Gasteiger partial charge in [-0.15, -0.1) is 0 Å². The minimum absolute atomic E-state index is 0.0285. The fraction of sp³-hybridized carbons (Fsp3) is 0.722. The number of hydrogen-bond donors (Lipinski definition) is 2. The lowest BCUT2D eigenvalue weighted by molar-refractivity contribution is -0.167. The zero-order chi connectivity index (χ0) is 17.9. The number of nitrogens with one attached hydrogen (secondary N) is 2. The second-order valence-electron chi connectivity index (χ2n) is 7.32. The van der Waals surface area contributed by atoms with Crippen LogP contribution in [0, 0.1) is 11.8 Å². The number of carbonyl (C=O) groups excluding carboxylic acids is 1. The van der Waals surface area contributed by atoms with Crippen LogP contribution in [0.25, 0.3) is 0 Å². The largest absolute Gasteiger partial charge is 0.441 e. The molecule has 2 bridgehead atoms. The average Bonchev–Trinajstić information content (AvgIpc) is 3.14. The van der Waals surface area contributed by atoms with Crippen molar-refractivity contribution in [2.75, 3.05) is 11.9 Å². The predicted molar refractivity (Wildman–Crippen MR) is 97.3 cm³/mol. The van der Waals surface area contributed by atoms with Gasteiger partial charge < -0.3 is 10.1 Å². The third kappa shape index (κ3) is 4.23. The fourth-order valence-corrected chi connectivity index (χ4v) is 3.91.